The van der Waals surface area contributed by atoms with Gasteiger partial charge in [0.05, 0.1) is 12.6 Å². The number of hydrogen-bond acceptors (Lipinski definition) is 3. The molecule has 0 saturated carbocycles. The molecule has 0 aromatic heterocycles. The highest BCUT2D eigenvalue weighted by molar-refractivity contribution is 7.98. The lowest BCUT2D eigenvalue weighted by Crippen LogP contribution is -2.36. The van der Waals surface area contributed by atoms with Crippen molar-refractivity contribution < 1.29 is 13.6 Å². The minimum absolute atomic E-state index is 0.0631. The Hall–Kier alpha value is -1.14. The van der Waals surface area contributed by atoms with Crippen LogP contribution in [0.25, 0.3) is 0 Å². The van der Waals surface area contributed by atoms with E-state index in [1.54, 1.807) is 11.8 Å². The second-order valence-electron chi connectivity index (χ2n) is 5.45. The molecule has 1 fully saturated rings. The third kappa shape index (κ3) is 3.55. The van der Waals surface area contributed by atoms with Crippen molar-refractivity contribution in [1.82, 2.24) is 10.2 Å². The van der Waals surface area contributed by atoms with Gasteiger partial charge in [0.25, 0.3) is 6.43 Å². The lowest BCUT2D eigenvalue weighted by molar-refractivity contribution is -0.132. The standard InChI is InChI=1S/C15H20F2N2OS/c1-9(2)13-15(20)19(8-12(16)17)14(18-13)10-4-6-11(21-3)7-5-10/h4-7,9,12-14,18H,8H2,1-3H3. The second kappa shape index (κ2) is 6.75. The van der Waals surface area contributed by atoms with E-state index in [-0.39, 0.29) is 11.8 Å². The average Bonchev–Trinajstić information content (AvgIpc) is 2.76. The van der Waals surface area contributed by atoms with Crippen molar-refractivity contribution in [2.24, 2.45) is 5.92 Å². The van der Waals surface area contributed by atoms with Gasteiger partial charge in [0.1, 0.15) is 6.17 Å². The molecule has 6 heteroatoms. The summed E-state index contributed by atoms with van der Waals surface area (Å²) < 4.78 is 25.5. The Morgan fingerprint density at radius 2 is 1.90 bits per heavy atom. The molecular weight excluding hydrogens is 294 g/mol. The number of halogens is 2. The Morgan fingerprint density at radius 1 is 1.29 bits per heavy atom. The smallest absolute Gasteiger partial charge is 0.255 e. The van der Waals surface area contributed by atoms with Crippen LogP contribution in [0.5, 0.6) is 0 Å². The van der Waals surface area contributed by atoms with Crippen LogP contribution >= 0.6 is 11.8 Å². The molecule has 0 spiro atoms. The van der Waals surface area contributed by atoms with E-state index >= 15 is 0 Å². The van der Waals surface area contributed by atoms with Crippen molar-refractivity contribution in [1.29, 1.82) is 0 Å². The van der Waals surface area contributed by atoms with Crippen LogP contribution in [0.15, 0.2) is 29.2 Å². The van der Waals surface area contributed by atoms with E-state index < -0.39 is 25.2 Å². The molecule has 1 heterocycles. The Balaban J connectivity index is 2.27. The van der Waals surface area contributed by atoms with Crippen molar-refractivity contribution in [3.05, 3.63) is 29.8 Å². The van der Waals surface area contributed by atoms with Crippen LogP contribution in [0.3, 0.4) is 0 Å². The first-order chi connectivity index (χ1) is 9.93. The van der Waals surface area contributed by atoms with Crippen molar-refractivity contribution in [3.8, 4) is 0 Å². The molecule has 0 aliphatic carbocycles. The minimum atomic E-state index is -2.53. The van der Waals surface area contributed by atoms with Gasteiger partial charge in [0, 0.05) is 4.90 Å². The van der Waals surface area contributed by atoms with E-state index in [2.05, 4.69) is 5.32 Å². The summed E-state index contributed by atoms with van der Waals surface area (Å²) in [5.41, 5.74) is 0.838. The van der Waals surface area contributed by atoms with Gasteiger partial charge in [-0.2, -0.15) is 0 Å². The molecule has 21 heavy (non-hydrogen) atoms. The zero-order valence-electron chi connectivity index (χ0n) is 12.3. The maximum atomic E-state index is 12.8. The number of carbonyl (C=O) groups is 1. The number of carbonyl (C=O) groups excluding carboxylic acids is 1. The van der Waals surface area contributed by atoms with Crippen LogP contribution in [0.2, 0.25) is 0 Å². The van der Waals surface area contributed by atoms with Crippen molar-refractivity contribution in [2.75, 3.05) is 12.8 Å². The van der Waals surface area contributed by atoms with Gasteiger partial charge in [0.2, 0.25) is 5.91 Å². The number of rotatable bonds is 5. The van der Waals surface area contributed by atoms with Gasteiger partial charge in [-0.05, 0) is 29.9 Å². The zero-order chi connectivity index (χ0) is 15.6. The number of amides is 1. The predicted octanol–water partition coefficient (Wildman–Crippen LogP) is 3.13. The highest BCUT2D eigenvalue weighted by Gasteiger charge is 2.41. The normalized spacial score (nSPS) is 22.6. The van der Waals surface area contributed by atoms with Crippen LogP contribution in [0.1, 0.15) is 25.6 Å². The average molecular weight is 314 g/mol. The molecule has 1 saturated heterocycles. The van der Waals surface area contributed by atoms with E-state index in [9.17, 15) is 13.6 Å². The molecule has 1 aromatic carbocycles. The van der Waals surface area contributed by atoms with Crippen LogP contribution in [0.4, 0.5) is 8.78 Å². The van der Waals surface area contributed by atoms with Crippen LogP contribution in [0, 0.1) is 5.92 Å². The largest absolute Gasteiger partial charge is 0.316 e. The van der Waals surface area contributed by atoms with Gasteiger partial charge in [-0.1, -0.05) is 26.0 Å². The van der Waals surface area contributed by atoms with Gasteiger partial charge in [-0.3, -0.25) is 10.1 Å². The highest BCUT2D eigenvalue weighted by Crippen LogP contribution is 2.29. The van der Waals surface area contributed by atoms with Crippen LogP contribution in [-0.2, 0) is 4.79 Å². The lowest BCUT2D eigenvalue weighted by atomic mass is 10.1. The fourth-order valence-corrected chi connectivity index (χ4v) is 2.93. The molecule has 2 atom stereocenters. The summed E-state index contributed by atoms with van der Waals surface area (Å²) in [7, 11) is 0. The second-order valence-corrected chi connectivity index (χ2v) is 6.33. The summed E-state index contributed by atoms with van der Waals surface area (Å²) in [5, 5.41) is 3.19. The van der Waals surface area contributed by atoms with E-state index in [4.69, 9.17) is 0 Å². The summed E-state index contributed by atoms with van der Waals surface area (Å²) in [6.07, 6.45) is -1.03. The van der Waals surface area contributed by atoms with Crippen molar-refractivity contribution >= 4 is 17.7 Å². The Bertz CT molecular complexity index is 493. The molecular formula is C15H20F2N2OS. The molecule has 2 rings (SSSR count). The van der Waals surface area contributed by atoms with Gasteiger partial charge < -0.3 is 4.90 Å². The maximum Gasteiger partial charge on any atom is 0.255 e. The monoisotopic (exact) mass is 314 g/mol. The van der Waals surface area contributed by atoms with E-state index in [1.165, 1.54) is 4.90 Å². The first-order valence-corrected chi connectivity index (χ1v) is 8.15. The van der Waals surface area contributed by atoms with E-state index in [0.29, 0.717) is 0 Å². The van der Waals surface area contributed by atoms with Crippen molar-refractivity contribution in [2.45, 2.75) is 37.4 Å². The molecule has 0 bridgehead atoms. The Labute approximate surface area is 128 Å². The topological polar surface area (TPSA) is 32.3 Å². The lowest BCUT2D eigenvalue weighted by Gasteiger charge is -2.24. The summed E-state index contributed by atoms with van der Waals surface area (Å²) in [6, 6.07) is 7.25. The third-order valence-electron chi connectivity index (χ3n) is 3.63. The van der Waals surface area contributed by atoms with Gasteiger partial charge in [0.15, 0.2) is 0 Å². The summed E-state index contributed by atoms with van der Waals surface area (Å²) in [6.45, 7) is 3.29. The molecule has 1 aliphatic rings. The summed E-state index contributed by atoms with van der Waals surface area (Å²) in [5.74, 6) is -0.183. The number of hydrogen-bond donors (Lipinski definition) is 1. The maximum absolute atomic E-state index is 12.8. The number of nitrogens with zero attached hydrogens (tertiary/aromatic N) is 1. The van der Waals surface area contributed by atoms with Gasteiger partial charge in [-0.25, -0.2) is 8.78 Å². The molecule has 0 radical (unpaired) electrons. The molecule has 1 aliphatic heterocycles. The third-order valence-corrected chi connectivity index (χ3v) is 4.37. The highest BCUT2D eigenvalue weighted by atomic mass is 32.2. The number of nitrogens with one attached hydrogen (secondary N) is 1. The predicted molar refractivity (Wildman–Crippen MR) is 80.4 cm³/mol. The first kappa shape index (κ1) is 16.2. The number of alkyl halides is 2. The van der Waals surface area contributed by atoms with Crippen LogP contribution in [-0.4, -0.2) is 36.1 Å². The zero-order valence-corrected chi connectivity index (χ0v) is 13.2. The Kier molecular flexibility index (Phi) is 5.22. The van der Waals surface area contributed by atoms with E-state index in [1.807, 2.05) is 44.4 Å². The Morgan fingerprint density at radius 3 is 2.38 bits per heavy atom. The quantitative estimate of drug-likeness (QED) is 0.848. The van der Waals surface area contributed by atoms with Crippen molar-refractivity contribution in [3.63, 3.8) is 0 Å². The number of thioether (sulfide) groups is 1. The van der Waals surface area contributed by atoms with E-state index in [0.717, 1.165) is 10.5 Å². The molecule has 1 aromatic rings. The minimum Gasteiger partial charge on any atom is -0.316 e. The summed E-state index contributed by atoms with van der Waals surface area (Å²) in [4.78, 5) is 14.7. The molecule has 2 unspecified atom stereocenters. The van der Waals surface area contributed by atoms with Gasteiger partial charge in [-0.15, -0.1) is 11.8 Å². The van der Waals surface area contributed by atoms with Crippen LogP contribution < -0.4 is 5.32 Å². The molecule has 116 valence electrons. The summed E-state index contributed by atoms with van der Waals surface area (Å²) >= 11 is 1.62. The molecule has 1 amide bonds. The fraction of sp³-hybridized carbons (Fsp3) is 0.533. The SMILES string of the molecule is CSc1ccc(C2NC(C(C)C)C(=O)N2CC(F)F)cc1. The molecule has 3 nitrogen and oxygen atoms in total. The molecule has 1 N–H and O–H groups in total. The first-order valence-electron chi connectivity index (χ1n) is 6.92. The van der Waals surface area contributed by atoms with Gasteiger partial charge >= 0.3 is 0 Å². The fourth-order valence-electron chi connectivity index (χ4n) is 2.52. The number of benzene rings is 1.